The molecule has 5 heteroatoms. The van der Waals surface area contributed by atoms with Crippen molar-refractivity contribution in [2.75, 3.05) is 14.2 Å². The quantitative estimate of drug-likeness (QED) is 0.508. The zero-order valence-corrected chi connectivity index (χ0v) is 15.0. The number of unbranched alkanes of at least 4 members (excludes halogenated alkanes) is 1. The molecule has 0 radical (unpaired) electrons. The summed E-state index contributed by atoms with van der Waals surface area (Å²) in [5.74, 6) is 0.893. The zero-order chi connectivity index (χ0) is 17.9. The predicted octanol–water partition coefficient (Wildman–Crippen LogP) is 3.41. The summed E-state index contributed by atoms with van der Waals surface area (Å²) in [4.78, 5) is 12.2. The highest BCUT2D eigenvalue weighted by Crippen LogP contribution is 2.26. The zero-order valence-electron chi connectivity index (χ0n) is 15.0. The number of aromatic hydroxyl groups is 1. The van der Waals surface area contributed by atoms with Crippen molar-refractivity contribution in [1.29, 1.82) is 0 Å². The Morgan fingerprint density at radius 3 is 2.71 bits per heavy atom. The Morgan fingerprint density at radius 1 is 1.33 bits per heavy atom. The van der Waals surface area contributed by atoms with Crippen LogP contribution >= 0.6 is 0 Å². The summed E-state index contributed by atoms with van der Waals surface area (Å²) in [6, 6.07) is 5.00. The molecular weight excluding hydrogens is 306 g/mol. The van der Waals surface area contributed by atoms with Gasteiger partial charge in [0, 0.05) is 13.7 Å². The molecule has 1 aromatic rings. The van der Waals surface area contributed by atoms with Gasteiger partial charge >= 0.3 is 0 Å². The number of benzene rings is 1. The number of hydrogen-bond donors (Lipinski definition) is 2. The van der Waals surface area contributed by atoms with Crippen LogP contribution in [0.5, 0.6) is 11.5 Å². The van der Waals surface area contributed by atoms with Crippen molar-refractivity contribution in [1.82, 2.24) is 5.32 Å². The van der Waals surface area contributed by atoms with Crippen LogP contribution in [0.4, 0.5) is 0 Å². The summed E-state index contributed by atoms with van der Waals surface area (Å²) in [6.45, 7) is 4.64. The van der Waals surface area contributed by atoms with Gasteiger partial charge in [-0.15, -0.1) is 0 Å². The number of hydrogen-bond acceptors (Lipinski definition) is 4. The lowest BCUT2D eigenvalue weighted by atomic mass is 10.1. The number of carbonyl (C=O) groups excluding carboxylic acids is 1. The topological polar surface area (TPSA) is 67.8 Å². The first kappa shape index (κ1) is 20.0. The Hall–Kier alpha value is -2.01. The number of nitrogens with one attached hydrogen (secondary N) is 1. The molecule has 0 fully saturated rings. The fourth-order valence-electron chi connectivity index (χ4n) is 2.28. The van der Waals surface area contributed by atoms with Gasteiger partial charge in [-0.3, -0.25) is 4.79 Å². The molecule has 0 saturated carbocycles. The number of amides is 1. The number of rotatable bonds is 10. The van der Waals surface area contributed by atoms with E-state index in [9.17, 15) is 9.90 Å². The minimum Gasteiger partial charge on any atom is -0.504 e. The van der Waals surface area contributed by atoms with E-state index in [-0.39, 0.29) is 11.7 Å². The highest BCUT2D eigenvalue weighted by molar-refractivity contribution is 5.80. The van der Waals surface area contributed by atoms with Crippen molar-refractivity contribution in [3.8, 4) is 11.5 Å². The Kier molecular flexibility index (Phi) is 8.94. The third kappa shape index (κ3) is 7.04. The van der Waals surface area contributed by atoms with Crippen LogP contribution in [0.2, 0.25) is 0 Å². The molecule has 134 valence electrons. The number of phenols is 1. The molecule has 0 aliphatic carbocycles. The maximum Gasteiger partial charge on any atom is 0.249 e. The van der Waals surface area contributed by atoms with Gasteiger partial charge in [-0.25, -0.2) is 0 Å². The van der Waals surface area contributed by atoms with Gasteiger partial charge in [0.25, 0.3) is 0 Å². The second-order valence-corrected chi connectivity index (χ2v) is 6.05. The first-order valence-electron chi connectivity index (χ1n) is 8.31. The van der Waals surface area contributed by atoms with E-state index in [1.165, 1.54) is 7.11 Å². The number of carbonyl (C=O) groups is 1. The molecule has 1 atom stereocenters. The molecule has 1 rings (SSSR count). The third-order valence-corrected chi connectivity index (χ3v) is 3.65. The Morgan fingerprint density at radius 2 is 2.08 bits per heavy atom. The Bertz CT molecular complexity index is 540. The molecule has 1 aromatic carbocycles. The van der Waals surface area contributed by atoms with Gasteiger partial charge in [0.05, 0.1) is 7.11 Å². The normalized spacial score (nSPS) is 12.5. The van der Waals surface area contributed by atoms with E-state index < -0.39 is 6.10 Å². The van der Waals surface area contributed by atoms with E-state index in [4.69, 9.17) is 9.47 Å². The van der Waals surface area contributed by atoms with Crippen LogP contribution < -0.4 is 10.1 Å². The van der Waals surface area contributed by atoms with Crippen LogP contribution in [-0.4, -0.2) is 31.3 Å². The molecule has 0 aliphatic rings. The van der Waals surface area contributed by atoms with E-state index in [2.05, 4.69) is 31.3 Å². The summed E-state index contributed by atoms with van der Waals surface area (Å²) in [5.41, 5.74) is 0.854. The molecule has 0 spiro atoms. The molecule has 0 bridgehead atoms. The average molecular weight is 335 g/mol. The van der Waals surface area contributed by atoms with Crippen LogP contribution in [0.25, 0.3) is 0 Å². The van der Waals surface area contributed by atoms with Crippen molar-refractivity contribution < 1.29 is 19.4 Å². The summed E-state index contributed by atoms with van der Waals surface area (Å²) in [5, 5.41) is 12.4. The monoisotopic (exact) mass is 335 g/mol. The van der Waals surface area contributed by atoms with Gasteiger partial charge in [0.1, 0.15) is 6.10 Å². The van der Waals surface area contributed by atoms with E-state index in [0.717, 1.165) is 18.4 Å². The van der Waals surface area contributed by atoms with Crippen molar-refractivity contribution in [2.45, 2.75) is 45.8 Å². The van der Waals surface area contributed by atoms with Crippen LogP contribution in [-0.2, 0) is 16.1 Å². The Balaban J connectivity index is 2.44. The van der Waals surface area contributed by atoms with Gasteiger partial charge in [-0.1, -0.05) is 32.1 Å². The van der Waals surface area contributed by atoms with E-state index in [0.29, 0.717) is 24.6 Å². The van der Waals surface area contributed by atoms with Crippen LogP contribution in [0.1, 0.15) is 38.7 Å². The van der Waals surface area contributed by atoms with Gasteiger partial charge < -0.3 is 19.9 Å². The Labute approximate surface area is 144 Å². The molecule has 2 N–H and O–H groups in total. The fourth-order valence-corrected chi connectivity index (χ4v) is 2.28. The minimum absolute atomic E-state index is 0.0804. The number of allylic oxidation sites excluding steroid dienone is 2. The number of methoxy groups -OCH3 is 2. The lowest BCUT2D eigenvalue weighted by Gasteiger charge is -2.15. The summed E-state index contributed by atoms with van der Waals surface area (Å²) in [6.07, 6.45) is 6.40. The molecule has 0 saturated heterocycles. The maximum atomic E-state index is 12.2. The van der Waals surface area contributed by atoms with E-state index >= 15 is 0 Å². The van der Waals surface area contributed by atoms with Crippen molar-refractivity contribution in [3.05, 3.63) is 35.9 Å². The second-order valence-electron chi connectivity index (χ2n) is 6.05. The summed E-state index contributed by atoms with van der Waals surface area (Å²) in [7, 11) is 3.05. The molecule has 0 heterocycles. The summed E-state index contributed by atoms with van der Waals surface area (Å²) >= 11 is 0. The van der Waals surface area contributed by atoms with Gasteiger partial charge in [0.2, 0.25) is 5.91 Å². The number of phenolic OH excluding ortho intramolecular Hbond substituents is 1. The van der Waals surface area contributed by atoms with Gasteiger partial charge in [0.15, 0.2) is 11.5 Å². The minimum atomic E-state index is -0.448. The van der Waals surface area contributed by atoms with E-state index in [1.54, 1.807) is 25.3 Å². The van der Waals surface area contributed by atoms with Crippen LogP contribution in [0.15, 0.2) is 30.4 Å². The summed E-state index contributed by atoms with van der Waals surface area (Å²) < 4.78 is 10.4. The smallest absolute Gasteiger partial charge is 0.249 e. The molecule has 1 amide bonds. The first-order chi connectivity index (χ1) is 11.5. The van der Waals surface area contributed by atoms with Crippen LogP contribution in [0.3, 0.4) is 0 Å². The first-order valence-corrected chi connectivity index (χ1v) is 8.31. The van der Waals surface area contributed by atoms with Crippen molar-refractivity contribution in [3.63, 3.8) is 0 Å². The number of ether oxygens (including phenoxy) is 2. The van der Waals surface area contributed by atoms with Crippen LogP contribution in [0, 0.1) is 5.92 Å². The molecule has 0 aliphatic heterocycles. The molecular formula is C19H29NO4. The largest absolute Gasteiger partial charge is 0.504 e. The van der Waals surface area contributed by atoms with E-state index in [1.807, 2.05) is 0 Å². The van der Waals surface area contributed by atoms with Gasteiger partial charge in [-0.05, 0) is 42.9 Å². The molecule has 5 nitrogen and oxygen atoms in total. The SMILES string of the molecule is COc1cc(CNC(=O)C(CCC/C=C/C(C)C)OC)ccc1O. The molecule has 1 unspecified atom stereocenters. The average Bonchev–Trinajstić information content (AvgIpc) is 2.56. The maximum absolute atomic E-state index is 12.2. The fraction of sp³-hybridized carbons (Fsp3) is 0.526. The predicted molar refractivity (Wildman–Crippen MR) is 95.1 cm³/mol. The second kappa shape index (κ2) is 10.7. The standard InChI is InChI=1S/C19H29NO4/c1-14(2)8-6-5-7-9-17(23-3)19(22)20-13-15-10-11-16(21)18(12-15)24-4/h6,8,10-12,14,17,21H,5,7,9,13H2,1-4H3,(H,20,22)/b8-6+. The van der Waals surface area contributed by atoms with Crippen molar-refractivity contribution >= 4 is 5.91 Å². The van der Waals surface area contributed by atoms with Gasteiger partial charge in [-0.2, -0.15) is 0 Å². The molecule has 24 heavy (non-hydrogen) atoms. The molecule has 0 aromatic heterocycles. The third-order valence-electron chi connectivity index (χ3n) is 3.65. The lowest BCUT2D eigenvalue weighted by Crippen LogP contribution is -2.35. The highest BCUT2D eigenvalue weighted by atomic mass is 16.5. The highest BCUT2D eigenvalue weighted by Gasteiger charge is 2.16. The lowest BCUT2D eigenvalue weighted by molar-refractivity contribution is -0.131. The van der Waals surface area contributed by atoms with Crippen molar-refractivity contribution in [2.24, 2.45) is 5.92 Å².